The van der Waals surface area contributed by atoms with Crippen molar-refractivity contribution in [3.63, 3.8) is 0 Å². The molecule has 2 aromatic rings. The van der Waals surface area contributed by atoms with Gasteiger partial charge < -0.3 is 1.43 Å². The Hall–Kier alpha value is -1.62. The fourth-order valence-electron chi connectivity index (χ4n) is 1.60. The zero-order chi connectivity index (χ0) is 12.1. The summed E-state index contributed by atoms with van der Waals surface area (Å²) in [5, 5.41) is 0. The summed E-state index contributed by atoms with van der Waals surface area (Å²) in [6, 6.07) is 17.7. The van der Waals surface area contributed by atoms with E-state index in [1.165, 1.54) is 0 Å². The molecule has 0 saturated heterocycles. The summed E-state index contributed by atoms with van der Waals surface area (Å²) < 4.78 is 0. The number of Topliss-reactive ketones (excluding diaryl/α,β-unsaturated/α-hetero) is 2. The van der Waals surface area contributed by atoms with Gasteiger partial charge in [-0.2, -0.15) is 0 Å². The Kier molecular flexibility index (Phi) is 5.58. The van der Waals surface area contributed by atoms with Gasteiger partial charge in [0.2, 0.25) is 0 Å². The van der Waals surface area contributed by atoms with Crippen LogP contribution in [0.4, 0.5) is 0 Å². The topological polar surface area (TPSA) is 34.1 Å². The molecular weight excluding hydrogens is 219 g/mol. The first-order chi connectivity index (χ1) is 8.27. The minimum atomic E-state index is -0.139. The largest absolute Gasteiger partial charge is 1.00 e. The Labute approximate surface area is 120 Å². The maximum absolute atomic E-state index is 11.8. The van der Waals surface area contributed by atoms with E-state index in [1.54, 1.807) is 48.5 Å². The second-order valence-electron chi connectivity index (χ2n) is 3.76. The van der Waals surface area contributed by atoms with Gasteiger partial charge in [0.1, 0.15) is 0 Å². The maximum Gasteiger partial charge on any atom is 1.00 e. The third kappa shape index (κ3) is 3.70. The van der Waals surface area contributed by atoms with Crippen LogP contribution < -0.4 is 18.9 Å². The van der Waals surface area contributed by atoms with Crippen LogP contribution in [0.1, 0.15) is 28.6 Å². The van der Waals surface area contributed by atoms with Crippen LogP contribution in [-0.2, 0) is 0 Å². The van der Waals surface area contributed by atoms with Crippen molar-refractivity contribution < 1.29 is 29.9 Å². The van der Waals surface area contributed by atoms with E-state index in [1.807, 2.05) is 12.1 Å². The molecule has 0 aromatic heterocycles. The van der Waals surface area contributed by atoms with Crippen molar-refractivity contribution in [3.8, 4) is 0 Å². The Bertz CT molecular complexity index is 477. The summed E-state index contributed by atoms with van der Waals surface area (Å²) in [6.07, 6.45) is -0.0754. The summed E-state index contributed by atoms with van der Waals surface area (Å²) in [5.41, 5.74) is 1.16. The molecule has 0 aliphatic rings. The van der Waals surface area contributed by atoms with E-state index in [-0.39, 0.29) is 38.3 Å². The van der Waals surface area contributed by atoms with Crippen molar-refractivity contribution in [2.45, 2.75) is 6.42 Å². The first kappa shape index (κ1) is 14.4. The van der Waals surface area contributed by atoms with E-state index in [0.717, 1.165) is 0 Å². The van der Waals surface area contributed by atoms with Gasteiger partial charge in [0.05, 0.1) is 6.42 Å². The Balaban J connectivity index is 0.00000162. The van der Waals surface area contributed by atoms with E-state index >= 15 is 0 Å². The normalized spacial score (nSPS) is 9.33. The predicted molar refractivity (Wildman–Crippen MR) is 67.3 cm³/mol. The van der Waals surface area contributed by atoms with Gasteiger partial charge in [-0.1, -0.05) is 60.7 Å². The van der Waals surface area contributed by atoms with Gasteiger partial charge in [0.25, 0.3) is 0 Å². The number of benzene rings is 2. The van der Waals surface area contributed by atoms with E-state index < -0.39 is 0 Å². The van der Waals surface area contributed by atoms with Gasteiger partial charge in [-0.3, -0.25) is 9.59 Å². The molecule has 0 spiro atoms. The maximum atomic E-state index is 11.8. The summed E-state index contributed by atoms with van der Waals surface area (Å²) in [4.78, 5) is 23.6. The van der Waals surface area contributed by atoms with Crippen molar-refractivity contribution in [1.82, 2.24) is 0 Å². The van der Waals surface area contributed by atoms with Gasteiger partial charge in [-0.15, -0.1) is 0 Å². The number of ketones is 2. The van der Waals surface area contributed by atoms with Crippen molar-refractivity contribution in [2.75, 3.05) is 0 Å². The number of hydrogen-bond donors (Lipinski definition) is 0. The SMILES string of the molecule is O=C(CC(=O)c1ccccc1)c1ccccc1.[H-].[Li+]. The Morgan fingerprint density at radius 2 is 1.06 bits per heavy atom. The summed E-state index contributed by atoms with van der Waals surface area (Å²) in [6.45, 7) is 0. The fraction of sp³-hybridized carbons (Fsp3) is 0.0667. The van der Waals surface area contributed by atoms with Crippen LogP contribution in [0.3, 0.4) is 0 Å². The first-order valence-corrected chi connectivity index (χ1v) is 5.44. The van der Waals surface area contributed by atoms with Gasteiger partial charge in [-0.25, -0.2) is 0 Å². The zero-order valence-corrected chi connectivity index (χ0v) is 10.3. The molecule has 0 radical (unpaired) electrons. The van der Waals surface area contributed by atoms with E-state index in [9.17, 15) is 9.59 Å². The van der Waals surface area contributed by atoms with Crippen LogP contribution in [0.25, 0.3) is 0 Å². The van der Waals surface area contributed by atoms with Gasteiger partial charge >= 0.3 is 18.9 Å². The molecule has 3 heteroatoms. The van der Waals surface area contributed by atoms with E-state index in [0.29, 0.717) is 11.1 Å². The molecule has 86 valence electrons. The van der Waals surface area contributed by atoms with Crippen LogP contribution in [0.15, 0.2) is 60.7 Å². The average molecular weight is 232 g/mol. The quantitative estimate of drug-likeness (QED) is 0.430. The van der Waals surface area contributed by atoms with Crippen LogP contribution in [0.2, 0.25) is 0 Å². The van der Waals surface area contributed by atoms with Crippen molar-refractivity contribution in [3.05, 3.63) is 71.8 Å². The molecule has 0 amide bonds. The van der Waals surface area contributed by atoms with Crippen LogP contribution in [0, 0.1) is 0 Å². The molecule has 0 bridgehead atoms. The Morgan fingerprint density at radius 1 is 0.722 bits per heavy atom. The second kappa shape index (κ2) is 6.96. The van der Waals surface area contributed by atoms with Crippen molar-refractivity contribution in [2.24, 2.45) is 0 Å². The minimum Gasteiger partial charge on any atom is -1.00 e. The third-order valence-electron chi connectivity index (χ3n) is 2.51. The number of rotatable bonds is 4. The molecule has 0 N–H and O–H groups in total. The molecule has 2 rings (SSSR count). The summed E-state index contributed by atoms with van der Waals surface area (Å²) >= 11 is 0. The van der Waals surface area contributed by atoms with Crippen molar-refractivity contribution >= 4 is 11.6 Å². The zero-order valence-electron chi connectivity index (χ0n) is 11.3. The molecule has 0 heterocycles. The monoisotopic (exact) mass is 232 g/mol. The van der Waals surface area contributed by atoms with Crippen LogP contribution in [0.5, 0.6) is 0 Å². The smallest absolute Gasteiger partial charge is 1.00 e. The molecule has 2 aromatic carbocycles. The van der Waals surface area contributed by atoms with Gasteiger partial charge in [-0.05, 0) is 0 Å². The number of carbonyl (C=O) groups is 2. The summed E-state index contributed by atoms with van der Waals surface area (Å²) in [7, 11) is 0. The first-order valence-electron chi connectivity index (χ1n) is 5.44. The molecule has 0 aliphatic heterocycles. The van der Waals surface area contributed by atoms with Crippen molar-refractivity contribution in [1.29, 1.82) is 0 Å². The molecule has 0 saturated carbocycles. The standard InChI is InChI=1S/C15H12O2.Li.H/c16-14(12-7-3-1-4-8-12)11-15(17)13-9-5-2-6-10-13;;/h1-10H,11H2;;/q;+1;-1. The third-order valence-corrected chi connectivity index (χ3v) is 2.51. The molecule has 0 fully saturated rings. The van der Waals surface area contributed by atoms with Crippen LogP contribution >= 0.6 is 0 Å². The fourth-order valence-corrected chi connectivity index (χ4v) is 1.60. The van der Waals surface area contributed by atoms with Gasteiger partial charge in [0.15, 0.2) is 11.6 Å². The summed E-state index contributed by atoms with van der Waals surface area (Å²) in [5.74, 6) is -0.279. The molecule has 0 atom stereocenters. The van der Waals surface area contributed by atoms with Crippen LogP contribution in [-0.4, -0.2) is 11.6 Å². The molecule has 0 aliphatic carbocycles. The molecular formula is C15H13LiO2. The molecule has 0 unspecified atom stereocenters. The van der Waals surface area contributed by atoms with E-state index in [2.05, 4.69) is 0 Å². The predicted octanol–water partition coefficient (Wildman–Crippen LogP) is 0.259. The molecule has 2 nitrogen and oxygen atoms in total. The number of carbonyl (C=O) groups excluding carboxylic acids is 2. The average Bonchev–Trinajstić information content (AvgIpc) is 2.40. The van der Waals surface area contributed by atoms with Gasteiger partial charge in [0, 0.05) is 11.1 Å². The number of hydrogen-bond acceptors (Lipinski definition) is 2. The second-order valence-corrected chi connectivity index (χ2v) is 3.76. The Morgan fingerprint density at radius 3 is 1.39 bits per heavy atom. The van der Waals surface area contributed by atoms with E-state index in [4.69, 9.17) is 0 Å². The molecule has 18 heavy (non-hydrogen) atoms. The minimum absolute atomic E-state index is 0.